The highest BCUT2D eigenvalue weighted by Gasteiger charge is 2.09. The number of carbonyl (C=O) groups is 2. The lowest BCUT2D eigenvalue weighted by Gasteiger charge is -2.13. The summed E-state index contributed by atoms with van der Waals surface area (Å²) in [7, 11) is 0. The minimum atomic E-state index is -0.552. The number of allylic oxidation sites excluding steroid dienone is 1. The van der Waals surface area contributed by atoms with Crippen molar-refractivity contribution in [3.05, 3.63) is 41.7 Å². The van der Waals surface area contributed by atoms with Gasteiger partial charge in [-0.25, -0.2) is 9.18 Å². The average molecular weight is 320 g/mol. The second kappa shape index (κ2) is 8.92. The summed E-state index contributed by atoms with van der Waals surface area (Å²) in [5.74, 6) is -0.566. The first-order valence-electron chi connectivity index (χ1n) is 7.77. The predicted octanol–water partition coefficient (Wildman–Crippen LogP) is 2.92. The number of nitrogens with one attached hydrogen (secondary N) is 2. The number of halogens is 1. The fraction of sp³-hybridized carbons (Fsp3) is 0.412. The zero-order valence-corrected chi connectivity index (χ0v) is 12.9. The summed E-state index contributed by atoms with van der Waals surface area (Å²) in [6.45, 7) is 0.202. The molecule has 0 unspecified atom stereocenters. The smallest absolute Gasteiger partial charge is 0.321 e. The van der Waals surface area contributed by atoms with Crippen molar-refractivity contribution in [1.82, 2.24) is 10.6 Å². The van der Waals surface area contributed by atoms with Crippen LogP contribution >= 0.6 is 0 Å². The molecule has 1 aliphatic carbocycles. The quantitative estimate of drug-likeness (QED) is 0.792. The van der Waals surface area contributed by atoms with E-state index in [0.717, 1.165) is 19.3 Å². The van der Waals surface area contributed by atoms with E-state index in [1.54, 1.807) is 0 Å². The van der Waals surface area contributed by atoms with Gasteiger partial charge in [-0.2, -0.15) is 0 Å². The molecule has 0 spiro atoms. The molecule has 0 saturated carbocycles. The van der Waals surface area contributed by atoms with Gasteiger partial charge in [-0.3, -0.25) is 10.1 Å². The third-order valence-corrected chi connectivity index (χ3v) is 3.55. The van der Waals surface area contributed by atoms with Gasteiger partial charge in [0.05, 0.1) is 0 Å². The number of benzene rings is 1. The molecule has 1 aliphatic rings. The maximum atomic E-state index is 12.7. The Labute approximate surface area is 134 Å². The molecule has 5 nitrogen and oxygen atoms in total. The molecule has 0 saturated heterocycles. The van der Waals surface area contributed by atoms with E-state index in [4.69, 9.17) is 4.74 Å². The molecule has 0 aliphatic heterocycles. The lowest BCUT2D eigenvalue weighted by atomic mass is 9.97. The molecule has 0 radical (unpaired) electrons. The Bertz CT molecular complexity index is 570. The first kappa shape index (κ1) is 17.0. The number of carbonyl (C=O) groups excluding carboxylic acids is 2. The van der Waals surface area contributed by atoms with Crippen LogP contribution in [0.15, 0.2) is 35.9 Å². The zero-order valence-electron chi connectivity index (χ0n) is 12.9. The van der Waals surface area contributed by atoms with E-state index < -0.39 is 11.9 Å². The summed E-state index contributed by atoms with van der Waals surface area (Å²) in [6, 6.07) is 4.77. The van der Waals surface area contributed by atoms with Crippen molar-refractivity contribution in [2.24, 2.45) is 0 Å². The molecule has 0 heterocycles. The minimum absolute atomic E-state index is 0.301. The number of hydrogen-bond acceptors (Lipinski definition) is 3. The standard InChI is InChI=1S/C17H21FN2O3/c18-14-6-8-15(9-7-14)23-12-16(21)20-17(22)19-11-10-13-4-2-1-3-5-13/h4,6-9H,1-3,5,10-12H2,(H2,19,20,21,22). The maximum Gasteiger partial charge on any atom is 0.321 e. The van der Waals surface area contributed by atoms with Gasteiger partial charge in [-0.05, 0) is 56.4 Å². The first-order chi connectivity index (χ1) is 11.1. The molecule has 0 bridgehead atoms. The summed E-state index contributed by atoms with van der Waals surface area (Å²) < 4.78 is 17.9. The van der Waals surface area contributed by atoms with E-state index >= 15 is 0 Å². The molecule has 1 aromatic carbocycles. The third-order valence-electron chi connectivity index (χ3n) is 3.55. The van der Waals surface area contributed by atoms with Crippen molar-refractivity contribution in [2.45, 2.75) is 32.1 Å². The predicted molar refractivity (Wildman–Crippen MR) is 84.6 cm³/mol. The molecule has 3 amide bonds. The van der Waals surface area contributed by atoms with Crippen LogP contribution < -0.4 is 15.4 Å². The molecule has 1 aromatic rings. The van der Waals surface area contributed by atoms with Crippen molar-refractivity contribution in [1.29, 1.82) is 0 Å². The molecule has 124 valence electrons. The van der Waals surface area contributed by atoms with Crippen molar-refractivity contribution in [2.75, 3.05) is 13.2 Å². The van der Waals surface area contributed by atoms with Gasteiger partial charge in [0, 0.05) is 6.54 Å². The minimum Gasteiger partial charge on any atom is -0.484 e. The Hall–Kier alpha value is -2.37. The van der Waals surface area contributed by atoms with Crippen LogP contribution in [0.5, 0.6) is 5.75 Å². The fourth-order valence-electron chi connectivity index (χ4n) is 2.35. The Morgan fingerprint density at radius 2 is 1.96 bits per heavy atom. The number of rotatable bonds is 6. The average Bonchev–Trinajstić information content (AvgIpc) is 2.55. The van der Waals surface area contributed by atoms with Crippen molar-refractivity contribution < 1.29 is 18.7 Å². The van der Waals surface area contributed by atoms with Crippen LogP contribution in [0.1, 0.15) is 32.1 Å². The van der Waals surface area contributed by atoms with Crippen LogP contribution in [0, 0.1) is 5.82 Å². The van der Waals surface area contributed by atoms with Crippen LogP contribution in [-0.4, -0.2) is 25.1 Å². The van der Waals surface area contributed by atoms with Crippen molar-refractivity contribution in [3.8, 4) is 5.75 Å². The van der Waals surface area contributed by atoms with Gasteiger partial charge < -0.3 is 10.1 Å². The van der Waals surface area contributed by atoms with E-state index in [0.29, 0.717) is 12.3 Å². The first-order valence-corrected chi connectivity index (χ1v) is 7.77. The highest BCUT2D eigenvalue weighted by molar-refractivity contribution is 5.94. The Morgan fingerprint density at radius 3 is 2.65 bits per heavy atom. The summed E-state index contributed by atoms with van der Waals surface area (Å²) >= 11 is 0. The van der Waals surface area contributed by atoms with Gasteiger partial charge in [0.25, 0.3) is 5.91 Å². The van der Waals surface area contributed by atoms with E-state index in [-0.39, 0.29) is 12.4 Å². The van der Waals surface area contributed by atoms with Gasteiger partial charge in [0.2, 0.25) is 0 Å². The number of ether oxygens (including phenoxy) is 1. The largest absolute Gasteiger partial charge is 0.484 e. The normalized spacial score (nSPS) is 13.9. The Morgan fingerprint density at radius 1 is 1.17 bits per heavy atom. The zero-order chi connectivity index (χ0) is 16.5. The monoisotopic (exact) mass is 320 g/mol. The van der Waals surface area contributed by atoms with Gasteiger partial charge in [-0.15, -0.1) is 0 Å². The molecule has 6 heteroatoms. The molecule has 0 aromatic heterocycles. The van der Waals surface area contributed by atoms with E-state index in [2.05, 4.69) is 16.7 Å². The van der Waals surface area contributed by atoms with Gasteiger partial charge in [-0.1, -0.05) is 11.6 Å². The lowest BCUT2D eigenvalue weighted by Crippen LogP contribution is -2.42. The molecule has 0 atom stereocenters. The van der Waals surface area contributed by atoms with Crippen LogP contribution in [0.2, 0.25) is 0 Å². The van der Waals surface area contributed by atoms with E-state index in [9.17, 15) is 14.0 Å². The molecule has 2 N–H and O–H groups in total. The molecule has 0 fully saturated rings. The summed E-state index contributed by atoms with van der Waals surface area (Å²) in [5, 5.41) is 4.84. The number of imide groups is 1. The number of urea groups is 1. The van der Waals surface area contributed by atoms with Crippen molar-refractivity contribution >= 4 is 11.9 Å². The molecular weight excluding hydrogens is 299 g/mol. The maximum absolute atomic E-state index is 12.7. The van der Waals surface area contributed by atoms with E-state index in [1.807, 2.05) is 0 Å². The number of amides is 3. The molecule has 2 rings (SSSR count). The Kier molecular flexibility index (Phi) is 6.59. The van der Waals surface area contributed by atoms with Crippen LogP contribution in [0.4, 0.5) is 9.18 Å². The summed E-state index contributed by atoms with van der Waals surface area (Å²) in [4.78, 5) is 23.2. The van der Waals surface area contributed by atoms with E-state index in [1.165, 1.54) is 42.7 Å². The van der Waals surface area contributed by atoms with Crippen LogP contribution in [-0.2, 0) is 4.79 Å². The highest BCUT2D eigenvalue weighted by Crippen LogP contribution is 2.19. The van der Waals surface area contributed by atoms with Crippen LogP contribution in [0.25, 0.3) is 0 Å². The van der Waals surface area contributed by atoms with Gasteiger partial charge >= 0.3 is 6.03 Å². The second-order valence-corrected chi connectivity index (χ2v) is 5.40. The molecular formula is C17H21FN2O3. The highest BCUT2D eigenvalue weighted by atomic mass is 19.1. The SMILES string of the molecule is O=C(COc1ccc(F)cc1)NC(=O)NCCC1=CCCCC1. The topological polar surface area (TPSA) is 67.4 Å². The summed E-state index contributed by atoms with van der Waals surface area (Å²) in [6.07, 6.45) is 7.68. The third kappa shape index (κ3) is 6.50. The molecule has 23 heavy (non-hydrogen) atoms. The lowest BCUT2D eigenvalue weighted by molar-refractivity contribution is -0.122. The van der Waals surface area contributed by atoms with Crippen LogP contribution in [0.3, 0.4) is 0 Å². The van der Waals surface area contributed by atoms with Gasteiger partial charge in [0.1, 0.15) is 11.6 Å². The fourth-order valence-corrected chi connectivity index (χ4v) is 2.35. The van der Waals surface area contributed by atoms with Gasteiger partial charge in [0.15, 0.2) is 6.61 Å². The van der Waals surface area contributed by atoms with Crippen molar-refractivity contribution in [3.63, 3.8) is 0 Å². The Balaban J connectivity index is 1.61. The number of hydrogen-bond donors (Lipinski definition) is 2. The second-order valence-electron chi connectivity index (χ2n) is 5.40. The summed E-state index contributed by atoms with van der Waals surface area (Å²) in [5.41, 5.74) is 1.36.